The average Bonchev–Trinajstić information content (AvgIpc) is 2.53. The predicted molar refractivity (Wildman–Crippen MR) is 88.1 cm³/mol. The van der Waals surface area contributed by atoms with E-state index in [0.29, 0.717) is 6.04 Å². The van der Waals surface area contributed by atoms with Gasteiger partial charge in [0.25, 0.3) is 0 Å². The van der Waals surface area contributed by atoms with Crippen LogP contribution in [-0.2, 0) is 6.61 Å². The van der Waals surface area contributed by atoms with Crippen LogP contribution in [0, 0.1) is 6.92 Å². The van der Waals surface area contributed by atoms with Gasteiger partial charge in [-0.2, -0.15) is 0 Å². The van der Waals surface area contributed by atoms with Gasteiger partial charge < -0.3 is 10.4 Å². The Morgan fingerprint density at radius 2 is 1.76 bits per heavy atom. The molecule has 0 amide bonds. The Balaban J connectivity index is 2.11. The molecular formula is C19H25NO. The van der Waals surface area contributed by atoms with Crippen molar-refractivity contribution in [3.8, 4) is 0 Å². The lowest BCUT2D eigenvalue weighted by Gasteiger charge is -2.23. The minimum atomic E-state index is 0.0930. The molecule has 0 aromatic heterocycles. The highest BCUT2D eigenvalue weighted by molar-refractivity contribution is 5.27. The van der Waals surface area contributed by atoms with Gasteiger partial charge in [-0.25, -0.2) is 0 Å². The van der Waals surface area contributed by atoms with E-state index >= 15 is 0 Å². The van der Waals surface area contributed by atoms with Crippen molar-refractivity contribution < 1.29 is 5.11 Å². The number of aryl methyl sites for hydroxylation is 1. The van der Waals surface area contributed by atoms with E-state index in [1.807, 2.05) is 12.1 Å². The highest BCUT2D eigenvalue weighted by Crippen LogP contribution is 2.23. The Labute approximate surface area is 127 Å². The molecule has 2 aromatic rings. The number of nitrogens with one attached hydrogen (secondary N) is 1. The van der Waals surface area contributed by atoms with E-state index in [2.05, 4.69) is 62.5 Å². The van der Waals surface area contributed by atoms with Crippen molar-refractivity contribution in [2.24, 2.45) is 0 Å². The highest BCUT2D eigenvalue weighted by Gasteiger charge is 2.13. The van der Waals surface area contributed by atoms with Crippen LogP contribution in [0.1, 0.15) is 54.6 Å². The summed E-state index contributed by atoms with van der Waals surface area (Å²) in [4.78, 5) is 0. The molecule has 0 heterocycles. The van der Waals surface area contributed by atoms with Crippen LogP contribution in [0.3, 0.4) is 0 Å². The number of hydrogen-bond donors (Lipinski definition) is 2. The van der Waals surface area contributed by atoms with Gasteiger partial charge in [0.1, 0.15) is 0 Å². The monoisotopic (exact) mass is 283 g/mol. The summed E-state index contributed by atoms with van der Waals surface area (Å²) in [6.45, 7) is 6.58. The molecule has 2 rings (SSSR count). The maximum Gasteiger partial charge on any atom is 0.0681 e. The Bertz CT molecular complexity index is 562. The number of aliphatic hydroxyl groups excluding tert-OH is 1. The van der Waals surface area contributed by atoms with Gasteiger partial charge >= 0.3 is 0 Å². The molecule has 2 N–H and O–H groups in total. The third-order valence-corrected chi connectivity index (χ3v) is 3.97. The zero-order valence-corrected chi connectivity index (χ0v) is 13.1. The summed E-state index contributed by atoms with van der Waals surface area (Å²) in [7, 11) is 0. The molecule has 0 aliphatic heterocycles. The highest BCUT2D eigenvalue weighted by atomic mass is 16.3. The summed E-state index contributed by atoms with van der Waals surface area (Å²) >= 11 is 0. The van der Waals surface area contributed by atoms with Crippen LogP contribution in [0.4, 0.5) is 0 Å². The first-order valence-corrected chi connectivity index (χ1v) is 7.66. The largest absolute Gasteiger partial charge is 0.392 e. The molecule has 0 saturated carbocycles. The standard InChI is InChI=1S/C19H25NO/c1-4-19(17-10-8-14(2)9-11-17)20-15(3)18-7-5-6-16(12-18)13-21/h5-12,15,19-21H,4,13H2,1-3H3. The van der Waals surface area contributed by atoms with Gasteiger partial charge in [0.05, 0.1) is 6.61 Å². The molecule has 2 atom stereocenters. The summed E-state index contributed by atoms with van der Waals surface area (Å²) in [5.74, 6) is 0. The third-order valence-electron chi connectivity index (χ3n) is 3.97. The Morgan fingerprint density at radius 3 is 2.38 bits per heavy atom. The van der Waals surface area contributed by atoms with Crippen molar-refractivity contribution in [1.82, 2.24) is 5.32 Å². The van der Waals surface area contributed by atoms with Crippen LogP contribution < -0.4 is 5.32 Å². The molecule has 2 nitrogen and oxygen atoms in total. The molecule has 0 aliphatic carbocycles. The Kier molecular flexibility index (Phi) is 5.54. The van der Waals surface area contributed by atoms with E-state index in [1.54, 1.807) is 0 Å². The summed E-state index contributed by atoms with van der Waals surface area (Å²) in [6.07, 6.45) is 1.05. The number of rotatable bonds is 6. The van der Waals surface area contributed by atoms with Crippen LogP contribution in [0.5, 0.6) is 0 Å². The fourth-order valence-electron chi connectivity index (χ4n) is 2.61. The lowest BCUT2D eigenvalue weighted by Crippen LogP contribution is -2.24. The zero-order valence-electron chi connectivity index (χ0n) is 13.1. The minimum absolute atomic E-state index is 0.0930. The molecule has 0 radical (unpaired) electrons. The van der Waals surface area contributed by atoms with Gasteiger partial charge in [-0.3, -0.25) is 0 Å². The summed E-state index contributed by atoms with van der Waals surface area (Å²) in [5.41, 5.74) is 4.79. The van der Waals surface area contributed by atoms with E-state index in [-0.39, 0.29) is 12.6 Å². The van der Waals surface area contributed by atoms with Crippen molar-refractivity contribution in [3.05, 3.63) is 70.8 Å². The molecule has 0 fully saturated rings. The van der Waals surface area contributed by atoms with Crippen LogP contribution >= 0.6 is 0 Å². The van der Waals surface area contributed by atoms with E-state index in [9.17, 15) is 5.11 Å². The maximum atomic E-state index is 9.26. The normalized spacial score (nSPS) is 13.9. The lowest BCUT2D eigenvalue weighted by atomic mass is 9.99. The summed E-state index contributed by atoms with van der Waals surface area (Å²) < 4.78 is 0. The molecule has 0 saturated heterocycles. The second-order valence-corrected chi connectivity index (χ2v) is 5.66. The van der Waals surface area contributed by atoms with Crippen molar-refractivity contribution in [1.29, 1.82) is 0 Å². The fourth-order valence-corrected chi connectivity index (χ4v) is 2.61. The first-order valence-electron chi connectivity index (χ1n) is 7.66. The van der Waals surface area contributed by atoms with Crippen LogP contribution in [0.25, 0.3) is 0 Å². The van der Waals surface area contributed by atoms with Crippen LogP contribution in [0.2, 0.25) is 0 Å². The van der Waals surface area contributed by atoms with Crippen molar-refractivity contribution in [2.45, 2.75) is 45.9 Å². The van der Waals surface area contributed by atoms with Crippen LogP contribution in [-0.4, -0.2) is 5.11 Å². The zero-order chi connectivity index (χ0) is 15.2. The SMILES string of the molecule is CCC(NC(C)c1cccc(CO)c1)c1ccc(C)cc1. The lowest BCUT2D eigenvalue weighted by molar-refractivity contribution is 0.281. The quantitative estimate of drug-likeness (QED) is 0.829. The number of hydrogen-bond acceptors (Lipinski definition) is 2. The first kappa shape index (κ1) is 15.7. The third kappa shape index (κ3) is 4.16. The summed E-state index contributed by atoms with van der Waals surface area (Å²) in [6, 6.07) is 17.5. The van der Waals surface area contributed by atoms with Crippen molar-refractivity contribution in [2.75, 3.05) is 0 Å². The molecule has 0 bridgehead atoms. The molecule has 0 aliphatic rings. The smallest absolute Gasteiger partial charge is 0.0681 e. The minimum Gasteiger partial charge on any atom is -0.392 e. The molecule has 0 spiro atoms. The molecule has 2 aromatic carbocycles. The van der Waals surface area contributed by atoms with Gasteiger partial charge in [0, 0.05) is 12.1 Å². The van der Waals surface area contributed by atoms with Gasteiger partial charge in [-0.05, 0) is 37.0 Å². The molecule has 112 valence electrons. The van der Waals surface area contributed by atoms with Gasteiger partial charge in [-0.1, -0.05) is 61.0 Å². The maximum absolute atomic E-state index is 9.26. The van der Waals surface area contributed by atoms with Gasteiger partial charge in [-0.15, -0.1) is 0 Å². The second-order valence-electron chi connectivity index (χ2n) is 5.66. The fraction of sp³-hybridized carbons (Fsp3) is 0.368. The van der Waals surface area contributed by atoms with Gasteiger partial charge in [0.2, 0.25) is 0 Å². The van der Waals surface area contributed by atoms with E-state index in [1.165, 1.54) is 16.7 Å². The van der Waals surface area contributed by atoms with E-state index in [4.69, 9.17) is 0 Å². The van der Waals surface area contributed by atoms with Crippen molar-refractivity contribution in [3.63, 3.8) is 0 Å². The van der Waals surface area contributed by atoms with E-state index in [0.717, 1.165) is 12.0 Å². The summed E-state index contributed by atoms with van der Waals surface area (Å²) in [5, 5.41) is 12.9. The van der Waals surface area contributed by atoms with Crippen molar-refractivity contribution >= 4 is 0 Å². The molecule has 21 heavy (non-hydrogen) atoms. The molecule has 2 unspecified atom stereocenters. The first-order chi connectivity index (χ1) is 10.1. The Hall–Kier alpha value is -1.64. The van der Waals surface area contributed by atoms with Gasteiger partial charge in [0.15, 0.2) is 0 Å². The topological polar surface area (TPSA) is 32.3 Å². The van der Waals surface area contributed by atoms with Crippen LogP contribution in [0.15, 0.2) is 48.5 Å². The second kappa shape index (κ2) is 7.39. The number of aliphatic hydroxyl groups is 1. The molecule has 2 heteroatoms. The molecular weight excluding hydrogens is 258 g/mol. The average molecular weight is 283 g/mol. The number of benzene rings is 2. The Morgan fingerprint density at radius 1 is 1.05 bits per heavy atom. The predicted octanol–water partition coefficient (Wildman–Crippen LogP) is 4.29. The van der Waals surface area contributed by atoms with E-state index < -0.39 is 0 Å².